The summed E-state index contributed by atoms with van der Waals surface area (Å²) in [5.41, 5.74) is -1.67. The first-order valence-corrected chi connectivity index (χ1v) is 4.23. The van der Waals surface area contributed by atoms with Crippen LogP contribution in [0, 0.1) is 11.3 Å². The van der Waals surface area contributed by atoms with Gasteiger partial charge < -0.3 is 14.4 Å². The van der Waals surface area contributed by atoms with Gasteiger partial charge in [0, 0.05) is 12.4 Å². The first-order valence-electron chi connectivity index (χ1n) is 4.23. The number of methoxy groups -OCH3 is 1. The lowest BCUT2D eigenvalue weighted by Gasteiger charge is -2.20. The molecule has 0 spiro atoms. The molecule has 0 radical (unpaired) electrons. The average Bonchev–Trinajstić information content (AvgIpc) is 2.63. The van der Waals surface area contributed by atoms with Gasteiger partial charge in [-0.2, -0.15) is 5.26 Å². The van der Waals surface area contributed by atoms with Gasteiger partial charge in [0.2, 0.25) is 5.82 Å². The molecule has 0 saturated heterocycles. The van der Waals surface area contributed by atoms with Crippen LogP contribution in [-0.4, -0.2) is 33.3 Å². The van der Waals surface area contributed by atoms with Crippen LogP contribution in [-0.2, 0) is 16.1 Å². The fourth-order valence-corrected chi connectivity index (χ4v) is 1.17. The molecule has 0 aliphatic rings. The smallest absolute Gasteiger partial charge is 0.339 e. The van der Waals surface area contributed by atoms with Crippen LogP contribution in [0.1, 0.15) is 12.7 Å². The lowest BCUT2D eigenvalue weighted by atomic mass is 10.1. The molecule has 1 atom stereocenters. The molecule has 1 aromatic rings. The van der Waals surface area contributed by atoms with Crippen LogP contribution in [0.5, 0.6) is 0 Å². The van der Waals surface area contributed by atoms with Gasteiger partial charge in [-0.05, 0) is 6.92 Å². The van der Waals surface area contributed by atoms with Crippen molar-refractivity contribution in [2.24, 2.45) is 0 Å². The summed E-state index contributed by atoms with van der Waals surface area (Å²) < 4.78 is 5.82. The van der Waals surface area contributed by atoms with E-state index in [0.29, 0.717) is 0 Å². The Labute approximate surface area is 86.7 Å². The number of carbonyl (C=O) groups is 1. The predicted octanol–water partition coefficient (Wildman–Crippen LogP) is -0.321. The minimum absolute atomic E-state index is 0.0669. The number of aliphatic hydroxyl groups is 1. The summed E-state index contributed by atoms with van der Waals surface area (Å²) in [6, 6.07) is 1.84. The molecule has 15 heavy (non-hydrogen) atoms. The van der Waals surface area contributed by atoms with E-state index in [-0.39, 0.29) is 12.4 Å². The van der Waals surface area contributed by atoms with E-state index in [1.165, 1.54) is 31.0 Å². The molecule has 1 rings (SSSR count). The van der Waals surface area contributed by atoms with Crippen molar-refractivity contribution in [2.45, 2.75) is 19.1 Å². The molecule has 1 heterocycles. The molecule has 0 aromatic carbocycles. The van der Waals surface area contributed by atoms with Crippen molar-refractivity contribution in [1.29, 1.82) is 5.26 Å². The number of carbonyl (C=O) groups excluding carboxylic acids is 1. The summed E-state index contributed by atoms with van der Waals surface area (Å²) in [5.74, 6) is -0.612. The second-order valence-corrected chi connectivity index (χ2v) is 3.26. The van der Waals surface area contributed by atoms with Crippen molar-refractivity contribution in [3.8, 4) is 6.07 Å². The molecule has 1 aromatic heterocycles. The van der Waals surface area contributed by atoms with Gasteiger partial charge in [0.25, 0.3) is 0 Å². The van der Waals surface area contributed by atoms with Crippen LogP contribution in [0.25, 0.3) is 0 Å². The SMILES string of the molecule is COC(=O)C(C)(O)Cn1ccnc1C#N. The molecule has 0 amide bonds. The average molecular weight is 209 g/mol. The quantitative estimate of drug-likeness (QED) is 0.689. The fourth-order valence-electron chi connectivity index (χ4n) is 1.17. The first-order chi connectivity index (χ1) is 7.01. The molecule has 0 fully saturated rings. The normalized spacial score (nSPS) is 14.0. The van der Waals surface area contributed by atoms with E-state index in [1.807, 2.05) is 6.07 Å². The molecule has 0 saturated carbocycles. The maximum Gasteiger partial charge on any atom is 0.339 e. The topological polar surface area (TPSA) is 88.1 Å². The summed E-state index contributed by atoms with van der Waals surface area (Å²) in [7, 11) is 1.19. The monoisotopic (exact) mass is 209 g/mol. The van der Waals surface area contributed by atoms with E-state index in [9.17, 15) is 9.90 Å². The number of nitrogens with zero attached hydrogens (tertiary/aromatic N) is 3. The number of imidazole rings is 1. The number of hydrogen-bond acceptors (Lipinski definition) is 5. The minimum atomic E-state index is -1.67. The summed E-state index contributed by atoms with van der Waals surface area (Å²) >= 11 is 0. The summed E-state index contributed by atoms with van der Waals surface area (Å²) in [4.78, 5) is 14.9. The summed E-state index contributed by atoms with van der Waals surface area (Å²) in [6.07, 6.45) is 2.93. The van der Waals surface area contributed by atoms with Gasteiger partial charge in [0.05, 0.1) is 13.7 Å². The van der Waals surface area contributed by atoms with Crippen molar-refractivity contribution in [3.63, 3.8) is 0 Å². The highest BCUT2D eigenvalue weighted by Gasteiger charge is 2.32. The Morgan fingerprint density at radius 1 is 1.87 bits per heavy atom. The third-order valence-corrected chi connectivity index (χ3v) is 1.92. The van der Waals surface area contributed by atoms with Crippen LogP contribution >= 0.6 is 0 Å². The molecule has 6 heteroatoms. The van der Waals surface area contributed by atoms with Crippen LogP contribution in [0.2, 0.25) is 0 Å². The largest absolute Gasteiger partial charge is 0.467 e. The van der Waals surface area contributed by atoms with Crippen molar-refractivity contribution in [3.05, 3.63) is 18.2 Å². The number of ether oxygens (including phenoxy) is 1. The zero-order valence-corrected chi connectivity index (χ0v) is 8.47. The van der Waals surface area contributed by atoms with Crippen LogP contribution in [0.15, 0.2) is 12.4 Å². The molecule has 0 bridgehead atoms. The van der Waals surface area contributed by atoms with Crippen LogP contribution < -0.4 is 0 Å². The molecular weight excluding hydrogens is 198 g/mol. The van der Waals surface area contributed by atoms with Gasteiger partial charge in [0.15, 0.2) is 5.60 Å². The minimum Gasteiger partial charge on any atom is -0.467 e. The Bertz CT molecular complexity index is 403. The fraction of sp³-hybridized carbons (Fsp3) is 0.444. The van der Waals surface area contributed by atoms with Gasteiger partial charge in [-0.3, -0.25) is 0 Å². The van der Waals surface area contributed by atoms with Gasteiger partial charge in [-0.25, -0.2) is 9.78 Å². The van der Waals surface area contributed by atoms with Crippen molar-refractivity contribution in [2.75, 3.05) is 7.11 Å². The highest BCUT2D eigenvalue weighted by molar-refractivity contribution is 5.78. The van der Waals surface area contributed by atoms with Crippen molar-refractivity contribution in [1.82, 2.24) is 9.55 Å². The highest BCUT2D eigenvalue weighted by atomic mass is 16.5. The second-order valence-electron chi connectivity index (χ2n) is 3.26. The zero-order valence-electron chi connectivity index (χ0n) is 8.47. The predicted molar refractivity (Wildman–Crippen MR) is 49.6 cm³/mol. The van der Waals surface area contributed by atoms with Crippen molar-refractivity contribution >= 4 is 5.97 Å². The lowest BCUT2D eigenvalue weighted by Crippen LogP contribution is -2.40. The number of aromatic nitrogens is 2. The van der Waals surface area contributed by atoms with Crippen LogP contribution in [0.3, 0.4) is 0 Å². The van der Waals surface area contributed by atoms with Gasteiger partial charge in [-0.15, -0.1) is 0 Å². The molecule has 0 aliphatic heterocycles. The lowest BCUT2D eigenvalue weighted by molar-refractivity contribution is -0.161. The van der Waals surface area contributed by atoms with Gasteiger partial charge in [-0.1, -0.05) is 0 Å². The number of rotatable bonds is 3. The number of hydrogen-bond donors (Lipinski definition) is 1. The molecule has 6 nitrogen and oxygen atoms in total. The molecule has 0 aliphatic carbocycles. The van der Waals surface area contributed by atoms with Gasteiger partial charge in [0.1, 0.15) is 6.07 Å². The van der Waals surface area contributed by atoms with E-state index >= 15 is 0 Å². The third kappa shape index (κ3) is 2.33. The van der Waals surface area contributed by atoms with Crippen LogP contribution in [0.4, 0.5) is 0 Å². The standard InChI is InChI=1S/C9H11N3O3/c1-9(14,8(13)15-2)6-12-4-3-11-7(12)5-10/h3-4,14H,6H2,1-2H3. The Balaban J connectivity index is 2.87. The Morgan fingerprint density at radius 2 is 2.53 bits per heavy atom. The highest BCUT2D eigenvalue weighted by Crippen LogP contribution is 2.10. The maximum atomic E-state index is 11.2. The molecule has 1 N–H and O–H groups in total. The first kappa shape index (κ1) is 11.2. The molecule has 80 valence electrons. The summed E-state index contributed by atoms with van der Waals surface area (Å²) in [5, 5.41) is 18.4. The third-order valence-electron chi connectivity index (χ3n) is 1.92. The van der Waals surface area contributed by atoms with E-state index in [1.54, 1.807) is 0 Å². The molecule has 1 unspecified atom stereocenters. The number of esters is 1. The van der Waals surface area contributed by atoms with E-state index in [2.05, 4.69) is 9.72 Å². The second kappa shape index (κ2) is 4.11. The Kier molecular flexibility index (Phi) is 3.07. The molecular formula is C9H11N3O3. The summed E-state index contributed by atoms with van der Waals surface area (Å²) in [6.45, 7) is 1.25. The van der Waals surface area contributed by atoms with E-state index in [0.717, 1.165) is 0 Å². The zero-order chi connectivity index (χ0) is 11.5. The van der Waals surface area contributed by atoms with Gasteiger partial charge >= 0.3 is 5.97 Å². The van der Waals surface area contributed by atoms with Crippen molar-refractivity contribution < 1.29 is 14.6 Å². The maximum absolute atomic E-state index is 11.2. The Hall–Kier alpha value is -1.87. The number of nitriles is 1. The Morgan fingerprint density at radius 3 is 3.07 bits per heavy atom. The van der Waals surface area contributed by atoms with E-state index in [4.69, 9.17) is 5.26 Å². The van der Waals surface area contributed by atoms with E-state index < -0.39 is 11.6 Å².